The van der Waals surface area contributed by atoms with E-state index in [9.17, 15) is 5.11 Å². The van der Waals surface area contributed by atoms with Gasteiger partial charge in [-0.1, -0.05) is 64.2 Å². The van der Waals surface area contributed by atoms with E-state index < -0.39 is 8.07 Å². The van der Waals surface area contributed by atoms with Gasteiger partial charge < -0.3 is 5.11 Å². The molecule has 0 aliphatic heterocycles. The highest BCUT2D eigenvalue weighted by molar-refractivity contribution is 6.76. The van der Waals surface area contributed by atoms with E-state index in [4.69, 9.17) is 0 Å². The summed E-state index contributed by atoms with van der Waals surface area (Å²) in [6.45, 7) is 16.0. The summed E-state index contributed by atoms with van der Waals surface area (Å²) in [7, 11) is -1.18. The second-order valence-corrected chi connectivity index (χ2v) is 13.6. The molecule has 110 valence electrons. The van der Waals surface area contributed by atoms with Crippen molar-refractivity contribution in [2.24, 2.45) is 17.3 Å². The second kappa shape index (κ2) is 5.97. The van der Waals surface area contributed by atoms with Crippen LogP contribution in [0, 0.1) is 17.3 Å². The zero-order valence-corrected chi connectivity index (χ0v) is 14.8. The molecule has 1 aliphatic rings. The molecule has 0 saturated heterocycles. The van der Waals surface area contributed by atoms with E-state index in [0.717, 1.165) is 12.5 Å². The normalized spacial score (nSPS) is 26.5. The molecule has 0 spiro atoms. The fraction of sp³-hybridized carbons (Fsp3) is 0.765. The monoisotopic (exact) mass is 280 g/mol. The van der Waals surface area contributed by atoms with Crippen molar-refractivity contribution in [3.05, 3.63) is 23.8 Å². The van der Waals surface area contributed by atoms with Crippen LogP contribution in [0.1, 0.15) is 34.1 Å². The molecule has 0 bridgehead atoms. The average Bonchev–Trinajstić information content (AvgIpc) is 2.49. The number of rotatable bonds is 5. The lowest BCUT2D eigenvalue weighted by atomic mass is 9.77. The van der Waals surface area contributed by atoms with Crippen molar-refractivity contribution in [3.63, 3.8) is 0 Å². The molecule has 1 N–H and O–H groups in total. The first-order valence-electron chi connectivity index (χ1n) is 7.57. The summed E-state index contributed by atoms with van der Waals surface area (Å²) in [6, 6.07) is 0.990. The fourth-order valence-electron chi connectivity index (χ4n) is 2.72. The molecule has 0 radical (unpaired) electrons. The van der Waals surface area contributed by atoms with Gasteiger partial charge in [-0.2, -0.15) is 0 Å². The lowest BCUT2D eigenvalue weighted by Gasteiger charge is -2.28. The van der Waals surface area contributed by atoms with Crippen molar-refractivity contribution in [1.82, 2.24) is 0 Å². The first kappa shape index (κ1) is 16.7. The summed E-state index contributed by atoms with van der Waals surface area (Å²) in [5.41, 5.74) is 1.78. The van der Waals surface area contributed by atoms with Gasteiger partial charge in [0.15, 0.2) is 0 Å². The van der Waals surface area contributed by atoms with Crippen LogP contribution in [0.2, 0.25) is 25.7 Å². The van der Waals surface area contributed by atoms with Crippen LogP contribution in [0.5, 0.6) is 0 Å². The molecular weight excluding hydrogens is 248 g/mol. The molecule has 0 amide bonds. The Morgan fingerprint density at radius 3 is 2.42 bits per heavy atom. The van der Waals surface area contributed by atoms with Crippen LogP contribution in [0.4, 0.5) is 0 Å². The van der Waals surface area contributed by atoms with Crippen molar-refractivity contribution in [3.8, 4) is 0 Å². The summed E-state index contributed by atoms with van der Waals surface area (Å²) in [4.78, 5) is 0. The van der Waals surface area contributed by atoms with E-state index in [1.165, 1.54) is 5.57 Å². The number of allylic oxidation sites excluding steroid dienone is 3. The van der Waals surface area contributed by atoms with Crippen LogP contribution >= 0.6 is 0 Å². The number of hydrogen-bond donors (Lipinski definition) is 1. The van der Waals surface area contributed by atoms with Crippen LogP contribution in [0.25, 0.3) is 0 Å². The van der Waals surface area contributed by atoms with Gasteiger partial charge in [-0.3, -0.25) is 0 Å². The lowest BCUT2D eigenvalue weighted by molar-refractivity contribution is 0.155. The summed E-state index contributed by atoms with van der Waals surface area (Å²) in [5.74, 6) is 0.859. The Morgan fingerprint density at radius 2 is 2.00 bits per heavy atom. The summed E-state index contributed by atoms with van der Waals surface area (Å²) >= 11 is 0. The molecule has 0 fully saturated rings. The predicted octanol–water partition coefficient (Wildman–Crippen LogP) is 4.87. The van der Waals surface area contributed by atoms with Crippen LogP contribution in [-0.2, 0) is 0 Å². The van der Waals surface area contributed by atoms with E-state index in [1.807, 2.05) is 0 Å². The van der Waals surface area contributed by atoms with Crippen molar-refractivity contribution in [2.45, 2.75) is 65.9 Å². The van der Waals surface area contributed by atoms with Gasteiger partial charge in [-0.05, 0) is 36.6 Å². The van der Waals surface area contributed by atoms with Crippen LogP contribution in [0.15, 0.2) is 23.8 Å². The minimum absolute atomic E-state index is 0.179. The Kier molecular flexibility index (Phi) is 5.25. The van der Waals surface area contributed by atoms with E-state index in [-0.39, 0.29) is 17.4 Å². The quantitative estimate of drug-likeness (QED) is 0.562. The molecule has 19 heavy (non-hydrogen) atoms. The highest BCUT2D eigenvalue weighted by atomic mass is 28.3. The molecule has 3 unspecified atom stereocenters. The van der Waals surface area contributed by atoms with Gasteiger partial charge in [0.25, 0.3) is 0 Å². The molecule has 3 atom stereocenters. The lowest BCUT2D eigenvalue weighted by Crippen LogP contribution is -2.30. The van der Waals surface area contributed by atoms with Crippen molar-refractivity contribution in [2.75, 3.05) is 0 Å². The molecule has 0 heterocycles. The van der Waals surface area contributed by atoms with Crippen molar-refractivity contribution < 1.29 is 5.11 Å². The van der Waals surface area contributed by atoms with E-state index in [2.05, 4.69) is 65.6 Å². The van der Waals surface area contributed by atoms with Crippen molar-refractivity contribution in [1.29, 1.82) is 0 Å². The van der Waals surface area contributed by atoms with Crippen LogP contribution < -0.4 is 0 Å². The maximum atomic E-state index is 10.3. The first-order chi connectivity index (χ1) is 8.54. The molecule has 1 nitrogen and oxygen atoms in total. The smallest absolute Gasteiger partial charge is 0.0576 e. The Morgan fingerprint density at radius 1 is 1.42 bits per heavy atom. The topological polar surface area (TPSA) is 20.2 Å². The van der Waals surface area contributed by atoms with Gasteiger partial charge in [0.05, 0.1) is 6.10 Å². The van der Waals surface area contributed by atoms with E-state index in [1.54, 1.807) is 0 Å². The average molecular weight is 281 g/mol. The third kappa shape index (κ3) is 4.61. The maximum absolute atomic E-state index is 10.3. The van der Waals surface area contributed by atoms with Crippen LogP contribution in [0.3, 0.4) is 0 Å². The van der Waals surface area contributed by atoms with Crippen LogP contribution in [-0.4, -0.2) is 19.3 Å². The van der Waals surface area contributed by atoms with Gasteiger partial charge in [0, 0.05) is 8.07 Å². The highest BCUT2D eigenvalue weighted by Gasteiger charge is 2.33. The van der Waals surface area contributed by atoms with E-state index in [0.29, 0.717) is 5.92 Å². The molecular formula is C17H32OSi. The van der Waals surface area contributed by atoms with Crippen molar-refractivity contribution >= 4 is 8.07 Å². The zero-order chi connectivity index (χ0) is 14.8. The summed E-state index contributed by atoms with van der Waals surface area (Å²) < 4.78 is 0. The minimum Gasteiger partial charge on any atom is -0.393 e. The highest BCUT2D eigenvalue weighted by Crippen LogP contribution is 2.43. The molecule has 0 aromatic carbocycles. The van der Waals surface area contributed by atoms with Gasteiger partial charge in [0.1, 0.15) is 0 Å². The Bertz CT molecular complexity index is 360. The number of aliphatic hydroxyl groups is 1. The predicted molar refractivity (Wildman–Crippen MR) is 88.1 cm³/mol. The summed E-state index contributed by atoms with van der Waals surface area (Å²) in [6.07, 6.45) is 7.90. The third-order valence-corrected chi connectivity index (χ3v) is 6.34. The third-order valence-electron chi connectivity index (χ3n) is 4.70. The minimum atomic E-state index is -1.18. The number of aliphatic hydroxyl groups excluding tert-OH is 1. The largest absolute Gasteiger partial charge is 0.393 e. The molecule has 0 aromatic heterocycles. The molecule has 1 aliphatic carbocycles. The standard InChI is InChI=1S/C17H32OSi/c1-13(16(18)12-19(5,6)7)8-10-15-11-9-14(2)17(15,3)4/h8-10,13,15-16,18H,11-12H2,1-7H3/b10-8+. The second-order valence-electron chi connectivity index (χ2n) is 8.03. The molecule has 0 aromatic rings. The van der Waals surface area contributed by atoms with Gasteiger partial charge in [0.2, 0.25) is 0 Å². The van der Waals surface area contributed by atoms with Gasteiger partial charge in [-0.15, -0.1) is 0 Å². The Hall–Kier alpha value is -0.343. The zero-order valence-electron chi connectivity index (χ0n) is 13.8. The molecule has 1 rings (SSSR count). The first-order valence-corrected chi connectivity index (χ1v) is 11.3. The van der Waals surface area contributed by atoms with Gasteiger partial charge >= 0.3 is 0 Å². The molecule has 0 saturated carbocycles. The van der Waals surface area contributed by atoms with E-state index >= 15 is 0 Å². The number of hydrogen-bond acceptors (Lipinski definition) is 1. The Balaban J connectivity index is 2.58. The molecule has 2 heteroatoms. The SMILES string of the molecule is CC1=CCC(/C=C/C(C)C(O)C[Si](C)(C)C)C1(C)C. The Labute approximate surface area is 120 Å². The fourth-order valence-corrected chi connectivity index (χ4v) is 4.35. The summed E-state index contributed by atoms with van der Waals surface area (Å²) in [5, 5.41) is 10.3. The van der Waals surface area contributed by atoms with Gasteiger partial charge in [-0.25, -0.2) is 0 Å². The maximum Gasteiger partial charge on any atom is 0.0576 e.